The van der Waals surface area contributed by atoms with Crippen molar-refractivity contribution in [1.82, 2.24) is 9.78 Å². The van der Waals surface area contributed by atoms with Crippen LogP contribution in [-0.4, -0.2) is 27.1 Å². The molecule has 0 amide bonds. The van der Waals surface area contributed by atoms with Crippen LogP contribution in [0.25, 0.3) is 0 Å². The van der Waals surface area contributed by atoms with Crippen molar-refractivity contribution in [1.29, 1.82) is 0 Å². The molecule has 0 aliphatic rings. The Morgan fingerprint density at radius 3 is 2.31 bits per heavy atom. The summed E-state index contributed by atoms with van der Waals surface area (Å²) in [5, 5.41) is 1.65. The van der Waals surface area contributed by atoms with Gasteiger partial charge in [-0.15, -0.1) is 11.8 Å². The van der Waals surface area contributed by atoms with E-state index in [9.17, 15) is 31.1 Å². The second kappa shape index (κ2) is 7.34. The molecule has 1 aromatic heterocycles. The lowest BCUT2D eigenvalue weighted by Gasteiger charge is -2.20. The molecule has 0 aliphatic carbocycles. The number of aryl methyl sites for hydroxylation is 2. The molecule has 1 aromatic carbocycles. The Hall–Kier alpha value is -1.97. The molecule has 0 spiro atoms. The number of halogens is 6. The van der Waals surface area contributed by atoms with E-state index in [1.165, 1.54) is 6.92 Å². The second-order valence-electron chi connectivity index (χ2n) is 5.61. The average Bonchev–Trinajstić information content (AvgIpc) is 2.84. The number of thioether (sulfide) groups is 1. The van der Waals surface area contributed by atoms with Crippen molar-refractivity contribution in [2.75, 3.05) is 0 Å². The van der Waals surface area contributed by atoms with Gasteiger partial charge in [0.25, 0.3) is 0 Å². The molecular formula is C16H14F6N2OS. The highest BCUT2D eigenvalue weighted by Gasteiger charge is 2.42. The predicted molar refractivity (Wildman–Crippen MR) is 84.1 cm³/mol. The van der Waals surface area contributed by atoms with Crippen LogP contribution in [0.3, 0.4) is 0 Å². The van der Waals surface area contributed by atoms with E-state index < -0.39 is 35.5 Å². The molecule has 0 unspecified atom stereocenters. The second-order valence-corrected chi connectivity index (χ2v) is 6.89. The standard InChI is InChI=1S/C16H14F6N2OS/c1-9-6-10(2)24(23-9)14(25)8-13(16(20,21)22)26-12-5-3-4-11(7-12)15(17,18)19/h3-7,13H,8H2,1-2H3/t13-/m1/s1. The number of benzene rings is 1. The van der Waals surface area contributed by atoms with E-state index >= 15 is 0 Å². The lowest BCUT2D eigenvalue weighted by molar-refractivity contribution is -0.137. The fourth-order valence-electron chi connectivity index (χ4n) is 2.26. The Labute approximate surface area is 149 Å². The highest BCUT2D eigenvalue weighted by atomic mass is 32.2. The average molecular weight is 396 g/mol. The molecule has 1 atom stereocenters. The van der Waals surface area contributed by atoms with Gasteiger partial charge in [-0.2, -0.15) is 31.4 Å². The van der Waals surface area contributed by atoms with Crippen molar-refractivity contribution < 1.29 is 31.1 Å². The van der Waals surface area contributed by atoms with Crippen molar-refractivity contribution in [3.05, 3.63) is 47.3 Å². The van der Waals surface area contributed by atoms with Crippen molar-refractivity contribution in [3.63, 3.8) is 0 Å². The van der Waals surface area contributed by atoms with E-state index in [1.54, 1.807) is 13.0 Å². The summed E-state index contributed by atoms with van der Waals surface area (Å²) < 4.78 is 78.9. The van der Waals surface area contributed by atoms with Gasteiger partial charge in [0.1, 0.15) is 5.25 Å². The Balaban J connectivity index is 2.24. The van der Waals surface area contributed by atoms with Gasteiger partial charge in [0.2, 0.25) is 5.91 Å². The van der Waals surface area contributed by atoms with Crippen LogP contribution in [0, 0.1) is 13.8 Å². The van der Waals surface area contributed by atoms with Gasteiger partial charge in [-0.3, -0.25) is 4.79 Å². The first-order chi connectivity index (χ1) is 11.9. The summed E-state index contributed by atoms with van der Waals surface area (Å²) in [7, 11) is 0. The van der Waals surface area contributed by atoms with Crippen molar-refractivity contribution in [2.45, 2.75) is 42.8 Å². The van der Waals surface area contributed by atoms with Gasteiger partial charge in [-0.25, -0.2) is 4.68 Å². The molecule has 26 heavy (non-hydrogen) atoms. The Morgan fingerprint density at radius 2 is 1.81 bits per heavy atom. The van der Waals surface area contributed by atoms with Crippen LogP contribution in [0.2, 0.25) is 0 Å². The van der Waals surface area contributed by atoms with Gasteiger partial charge in [0.05, 0.1) is 11.3 Å². The zero-order chi connectivity index (χ0) is 19.7. The Bertz CT molecular complexity index is 797. The molecule has 3 nitrogen and oxygen atoms in total. The third-order valence-corrected chi connectivity index (χ3v) is 4.66. The number of hydrogen-bond acceptors (Lipinski definition) is 3. The highest BCUT2D eigenvalue weighted by molar-refractivity contribution is 8.00. The van der Waals surface area contributed by atoms with Crippen molar-refractivity contribution in [2.24, 2.45) is 0 Å². The molecular weight excluding hydrogens is 382 g/mol. The Morgan fingerprint density at radius 1 is 1.15 bits per heavy atom. The van der Waals surface area contributed by atoms with Crippen molar-refractivity contribution in [3.8, 4) is 0 Å². The number of rotatable bonds is 4. The topological polar surface area (TPSA) is 34.9 Å². The Kier molecular flexibility index (Phi) is 5.74. The fourth-order valence-corrected chi connectivity index (χ4v) is 3.30. The highest BCUT2D eigenvalue weighted by Crippen LogP contribution is 2.39. The minimum atomic E-state index is -4.77. The third-order valence-electron chi connectivity index (χ3n) is 3.41. The van der Waals surface area contributed by atoms with Crippen LogP contribution in [0.1, 0.15) is 28.2 Å². The van der Waals surface area contributed by atoms with Gasteiger partial charge >= 0.3 is 12.4 Å². The summed E-state index contributed by atoms with van der Waals surface area (Å²) in [5.41, 5.74) is -0.185. The maximum absolute atomic E-state index is 13.3. The van der Waals surface area contributed by atoms with Crippen LogP contribution >= 0.6 is 11.8 Å². The summed E-state index contributed by atoms with van der Waals surface area (Å²) in [6, 6.07) is 5.12. The van der Waals surface area contributed by atoms with Crippen LogP contribution in [0.5, 0.6) is 0 Å². The molecule has 0 N–H and O–H groups in total. The number of hydrogen-bond donors (Lipinski definition) is 0. The third kappa shape index (κ3) is 5.03. The smallest absolute Gasteiger partial charge is 0.273 e. The van der Waals surface area contributed by atoms with E-state index in [0.29, 0.717) is 17.5 Å². The summed E-state index contributed by atoms with van der Waals surface area (Å²) in [5.74, 6) is -0.877. The van der Waals surface area contributed by atoms with Gasteiger partial charge in [0, 0.05) is 17.0 Å². The lowest BCUT2D eigenvalue weighted by atomic mass is 10.2. The van der Waals surface area contributed by atoms with E-state index in [0.717, 1.165) is 22.9 Å². The SMILES string of the molecule is Cc1cc(C)n(C(=O)C[C@@H](Sc2cccc(C(F)(F)F)c2)C(F)(F)F)n1. The van der Waals surface area contributed by atoms with Gasteiger partial charge < -0.3 is 0 Å². The molecule has 0 fully saturated rings. The van der Waals surface area contributed by atoms with E-state index in [4.69, 9.17) is 0 Å². The molecule has 0 saturated carbocycles. The zero-order valence-corrected chi connectivity index (χ0v) is 14.5. The molecule has 0 aliphatic heterocycles. The first-order valence-corrected chi connectivity index (χ1v) is 8.23. The minimum Gasteiger partial charge on any atom is -0.273 e. The normalized spacial score (nSPS) is 13.7. The maximum atomic E-state index is 13.3. The summed E-state index contributed by atoms with van der Waals surface area (Å²) in [4.78, 5) is 11.9. The maximum Gasteiger partial charge on any atom is 0.416 e. The van der Waals surface area contributed by atoms with Crippen LogP contribution in [0.4, 0.5) is 26.3 Å². The van der Waals surface area contributed by atoms with Gasteiger partial charge in [0.15, 0.2) is 0 Å². The number of carbonyl (C=O) groups is 1. The largest absolute Gasteiger partial charge is 0.416 e. The molecule has 0 saturated heterocycles. The molecule has 0 radical (unpaired) electrons. The molecule has 2 rings (SSSR count). The number of aromatic nitrogens is 2. The van der Waals surface area contributed by atoms with Crippen molar-refractivity contribution >= 4 is 17.7 Å². The first-order valence-electron chi connectivity index (χ1n) is 7.35. The van der Waals surface area contributed by atoms with Crippen LogP contribution in [0.15, 0.2) is 35.2 Å². The quantitative estimate of drug-likeness (QED) is 0.522. The van der Waals surface area contributed by atoms with E-state index in [1.807, 2.05) is 0 Å². The van der Waals surface area contributed by atoms with Crippen LogP contribution < -0.4 is 0 Å². The number of alkyl halides is 6. The molecule has 0 bridgehead atoms. The first kappa shape index (κ1) is 20.3. The minimum absolute atomic E-state index is 0.175. The lowest BCUT2D eigenvalue weighted by Crippen LogP contribution is -2.30. The van der Waals surface area contributed by atoms with Gasteiger partial charge in [-0.05, 0) is 38.1 Å². The van der Waals surface area contributed by atoms with E-state index in [-0.39, 0.29) is 16.7 Å². The predicted octanol–water partition coefficient (Wildman–Crippen LogP) is 5.27. The molecule has 142 valence electrons. The zero-order valence-electron chi connectivity index (χ0n) is 13.6. The van der Waals surface area contributed by atoms with Crippen LogP contribution in [-0.2, 0) is 6.18 Å². The molecule has 1 heterocycles. The summed E-state index contributed by atoms with van der Waals surface area (Å²) in [6.07, 6.45) is -10.4. The van der Waals surface area contributed by atoms with Gasteiger partial charge in [-0.1, -0.05) is 6.07 Å². The summed E-state index contributed by atoms with van der Waals surface area (Å²) >= 11 is 0.175. The fraction of sp³-hybridized carbons (Fsp3) is 0.375. The number of nitrogens with zero attached hydrogens (tertiary/aromatic N) is 2. The summed E-state index contributed by atoms with van der Waals surface area (Å²) in [6.45, 7) is 3.12. The number of carbonyl (C=O) groups excluding carboxylic acids is 1. The monoisotopic (exact) mass is 396 g/mol. The van der Waals surface area contributed by atoms with E-state index in [2.05, 4.69) is 5.10 Å². The molecule has 2 aromatic rings. The molecule has 10 heteroatoms.